The summed E-state index contributed by atoms with van der Waals surface area (Å²) >= 11 is 12.3. The van der Waals surface area contributed by atoms with Crippen molar-refractivity contribution in [1.82, 2.24) is 10.4 Å². The molecule has 1 heterocycles. The van der Waals surface area contributed by atoms with E-state index < -0.39 is 35.8 Å². The molecule has 1 fully saturated rings. The second-order valence-electron chi connectivity index (χ2n) is 9.68. The number of carbonyl (C=O) groups excluding carboxylic acids is 2. The molecule has 0 bridgehead atoms. The van der Waals surface area contributed by atoms with Gasteiger partial charge in [-0.05, 0) is 59.9 Å². The summed E-state index contributed by atoms with van der Waals surface area (Å²) < 4.78 is 13.4. The smallest absolute Gasteiger partial charge is 0.255 e. The van der Waals surface area contributed by atoms with Crippen molar-refractivity contribution in [3.63, 3.8) is 0 Å². The number of aliphatic hydroxyl groups is 1. The third kappa shape index (κ3) is 5.29. The summed E-state index contributed by atoms with van der Waals surface area (Å²) in [6.07, 6.45) is 2.27. The number of hydrogen-bond acceptors (Lipinski definition) is 4. The lowest BCUT2D eigenvalue weighted by molar-refractivity contribution is -0.138. The van der Waals surface area contributed by atoms with Crippen LogP contribution in [0.1, 0.15) is 64.7 Å². The van der Waals surface area contributed by atoms with Crippen molar-refractivity contribution in [2.75, 3.05) is 0 Å². The van der Waals surface area contributed by atoms with Crippen LogP contribution in [0.25, 0.3) is 0 Å². The first-order chi connectivity index (χ1) is 18.3. The number of halogens is 3. The Morgan fingerprint density at radius 1 is 1.05 bits per heavy atom. The molecule has 2 N–H and O–H groups in total. The van der Waals surface area contributed by atoms with Gasteiger partial charge in [0, 0.05) is 15.6 Å². The molecule has 1 aliphatic heterocycles. The van der Waals surface area contributed by atoms with Crippen molar-refractivity contribution >= 4 is 35.0 Å². The Balaban J connectivity index is 1.52. The van der Waals surface area contributed by atoms with Crippen LogP contribution in [-0.2, 0) is 16.2 Å². The highest BCUT2D eigenvalue weighted by Gasteiger charge is 2.48. The minimum Gasteiger partial charge on any atom is -0.391 e. The molecule has 5 rings (SSSR count). The summed E-state index contributed by atoms with van der Waals surface area (Å²) in [6, 6.07) is 16.8. The van der Waals surface area contributed by atoms with Crippen molar-refractivity contribution in [1.29, 1.82) is 0 Å². The highest BCUT2D eigenvalue weighted by Crippen LogP contribution is 2.46. The van der Waals surface area contributed by atoms with Crippen molar-refractivity contribution in [2.24, 2.45) is 0 Å². The summed E-state index contributed by atoms with van der Waals surface area (Å²) in [7, 11) is 0. The Morgan fingerprint density at radius 2 is 1.79 bits per heavy atom. The molecule has 3 aromatic rings. The first-order valence-electron chi connectivity index (χ1n) is 12.6. The third-order valence-electron chi connectivity index (χ3n) is 7.34. The Labute approximate surface area is 230 Å². The van der Waals surface area contributed by atoms with Crippen LogP contribution in [0.15, 0.2) is 66.7 Å². The van der Waals surface area contributed by atoms with Crippen LogP contribution in [0, 0.1) is 5.82 Å². The summed E-state index contributed by atoms with van der Waals surface area (Å²) in [5, 5.41) is 11.7. The predicted octanol–water partition coefficient (Wildman–Crippen LogP) is 5.96. The molecule has 1 saturated carbocycles. The van der Waals surface area contributed by atoms with E-state index in [4.69, 9.17) is 28.0 Å². The lowest BCUT2D eigenvalue weighted by Crippen LogP contribution is -2.55. The highest BCUT2D eigenvalue weighted by atomic mass is 35.5. The topological polar surface area (TPSA) is 78.9 Å². The molecule has 9 heteroatoms. The molecular weight excluding hydrogens is 530 g/mol. The molecule has 2 aliphatic rings. The lowest BCUT2D eigenvalue weighted by Gasteiger charge is -2.48. The molecular formula is C29H27Cl2FN2O4. The van der Waals surface area contributed by atoms with Crippen LogP contribution in [0.4, 0.5) is 4.39 Å². The number of aliphatic hydroxyl groups excluding tert-OH is 1. The second-order valence-corrected chi connectivity index (χ2v) is 10.5. The second kappa shape index (κ2) is 11.4. The van der Waals surface area contributed by atoms with Gasteiger partial charge in [0.2, 0.25) is 0 Å². The van der Waals surface area contributed by atoms with Gasteiger partial charge in [0.15, 0.2) is 0 Å². The number of carbonyl (C=O) groups is 2. The summed E-state index contributed by atoms with van der Waals surface area (Å²) in [5.74, 6) is -1.99. The predicted molar refractivity (Wildman–Crippen MR) is 142 cm³/mol. The molecule has 2 amide bonds. The maximum atomic E-state index is 13.9. The number of hydroxylamine groups is 1. The molecule has 0 saturated heterocycles. The minimum absolute atomic E-state index is 0.0746. The summed E-state index contributed by atoms with van der Waals surface area (Å²) in [4.78, 5) is 34.9. The Morgan fingerprint density at radius 3 is 2.53 bits per heavy atom. The molecule has 0 unspecified atom stereocenters. The summed E-state index contributed by atoms with van der Waals surface area (Å²) in [6.45, 7) is -0.0746. The monoisotopic (exact) mass is 556 g/mol. The average Bonchev–Trinajstić information content (AvgIpc) is 2.91. The SMILES string of the molecule is O=C(NOCc1ccc(F)cc1Cl)[C@@H]1c2ccccc2C(=O)N([C@H]2CCCC[C@@H]2O)[C@H]1c1ccc(Cl)cc1. The molecule has 0 radical (unpaired) electrons. The number of benzene rings is 3. The largest absolute Gasteiger partial charge is 0.391 e. The maximum Gasteiger partial charge on any atom is 0.255 e. The fourth-order valence-corrected chi connectivity index (χ4v) is 5.86. The number of hydrogen-bond donors (Lipinski definition) is 2. The Bertz CT molecular complexity index is 1340. The fraction of sp³-hybridized carbons (Fsp3) is 0.310. The molecule has 4 atom stereocenters. The molecule has 0 spiro atoms. The minimum atomic E-state index is -0.831. The van der Waals surface area contributed by atoms with Gasteiger partial charge in [0.1, 0.15) is 12.4 Å². The van der Waals surface area contributed by atoms with Gasteiger partial charge in [0.05, 0.1) is 24.1 Å². The van der Waals surface area contributed by atoms with Gasteiger partial charge < -0.3 is 10.0 Å². The normalized spacial score (nSPS) is 23.2. The van der Waals surface area contributed by atoms with Crippen LogP contribution in [0.3, 0.4) is 0 Å². The van der Waals surface area contributed by atoms with Crippen LogP contribution < -0.4 is 5.48 Å². The van der Waals surface area contributed by atoms with Gasteiger partial charge in [-0.1, -0.05) is 72.4 Å². The van der Waals surface area contributed by atoms with E-state index in [2.05, 4.69) is 5.48 Å². The fourth-order valence-electron chi connectivity index (χ4n) is 5.52. The first-order valence-corrected chi connectivity index (χ1v) is 13.3. The van der Waals surface area contributed by atoms with Gasteiger partial charge in [-0.15, -0.1) is 0 Å². The average molecular weight is 557 g/mol. The molecule has 0 aromatic heterocycles. The van der Waals surface area contributed by atoms with Crippen LogP contribution in [-0.4, -0.2) is 34.0 Å². The van der Waals surface area contributed by atoms with Crippen molar-refractivity contribution in [2.45, 2.75) is 56.4 Å². The zero-order chi connectivity index (χ0) is 26.8. The highest BCUT2D eigenvalue weighted by molar-refractivity contribution is 6.31. The molecule has 38 heavy (non-hydrogen) atoms. The van der Waals surface area contributed by atoms with Crippen LogP contribution in [0.2, 0.25) is 10.0 Å². The van der Waals surface area contributed by atoms with E-state index in [0.717, 1.165) is 18.4 Å². The number of amides is 2. The molecule has 198 valence electrons. The number of fused-ring (bicyclic) bond motifs is 1. The number of nitrogens with one attached hydrogen (secondary N) is 1. The Kier molecular flexibility index (Phi) is 8.00. The summed E-state index contributed by atoms with van der Waals surface area (Å²) in [5.41, 5.74) is 4.74. The van der Waals surface area contributed by atoms with Gasteiger partial charge >= 0.3 is 0 Å². The van der Waals surface area contributed by atoms with Gasteiger partial charge in [-0.2, -0.15) is 0 Å². The van der Waals surface area contributed by atoms with Crippen molar-refractivity contribution in [3.8, 4) is 0 Å². The van der Waals surface area contributed by atoms with E-state index in [0.29, 0.717) is 34.6 Å². The van der Waals surface area contributed by atoms with E-state index in [1.165, 1.54) is 18.2 Å². The molecule has 1 aliphatic carbocycles. The first kappa shape index (κ1) is 26.6. The quantitative estimate of drug-likeness (QED) is 0.367. The van der Waals surface area contributed by atoms with Crippen molar-refractivity contribution in [3.05, 3.63) is 105 Å². The van der Waals surface area contributed by atoms with Gasteiger partial charge in [0.25, 0.3) is 11.8 Å². The number of rotatable bonds is 6. The van der Waals surface area contributed by atoms with Gasteiger partial charge in [-0.3, -0.25) is 14.4 Å². The van der Waals surface area contributed by atoms with E-state index >= 15 is 0 Å². The number of nitrogens with zero attached hydrogens (tertiary/aromatic N) is 1. The van der Waals surface area contributed by atoms with E-state index in [1.807, 2.05) is 0 Å². The van der Waals surface area contributed by atoms with E-state index in [-0.39, 0.29) is 17.5 Å². The molecule has 6 nitrogen and oxygen atoms in total. The Hall–Kier alpha value is -2.97. The standard InChI is InChI=1S/C29H27Cl2FN2O4/c30-19-12-9-17(10-13-19)27-26(28(36)33-38-16-18-11-14-20(32)15-23(18)31)21-5-1-2-6-22(21)29(37)34(27)24-7-3-4-8-25(24)35/h1-2,5-6,9-15,24-27,35H,3-4,7-8,16H2,(H,33,36)/t24-,25-,26+,27-/m0/s1. The van der Waals surface area contributed by atoms with Crippen molar-refractivity contribution < 1.29 is 23.9 Å². The van der Waals surface area contributed by atoms with E-state index in [1.54, 1.807) is 53.4 Å². The van der Waals surface area contributed by atoms with Crippen LogP contribution >= 0.6 is 23.2 Å². The van der Waals surface area contributed by atoms with Crippen LogP contribution in [0.5, 0.6) is 0 Å². The van der Waals surface area contributed by atoms with E-state index in [9.17, 15) is 19.1 Å². The lowest BCUT2D eigenvalue weighted by atomic mass is 9.77. The van der Waals surface area contributed by atoms with Gasteiger partial charge in [-0.25, -0.2) is 9.87 Å². The zero-order valence-electron chi connectivity index (χ0n) is 20.4. The third-order valence-corrected chi connectivity index (χ3v) is 7.94. The maximum absolute atomic E-state index is 13.9. The molecule has 3 aromatic carbocycles. The zero-order valence-corrected chi connectivity index (χ0v) is 22.0.